The van der Waals surface area contributed by atoms with Crippen LogP contribution in [-0.4, -0.2) is 20.4 Å². The molecule has 0 aromatic carbocycles. The van der Waals surface area contributed by atoms with Crippen molar-refractivity contribution >= 4 is 16.8 Å². The minimum Gasteiger partial charge on any atom is -0.282 e. The van der Waals surface area contributed by atoms with Crippen LogP contribution in [0, 0.1) is 6.85 Å². The Morgan fingerprint density at radius 2 is 2.70 bits per heavy atom. The van der Waals surface area contributed by atoms with E-state index < -0.39 is 18.9 Å². The number of H-pyrrole nitrogens is 1. The number of aromatic amines is 1. The second kappa shape index (κ2) is 4.93. The molecule has 0 aliphatic carbocycles. The summed E-state index contributed by atoms with van der Waals surface area (Å²) in [5.74, 6) is -0.0671. The molecule has 0 saturated heterocycles. The van der Waals surface area contributed by atoms with Gasteiger partial charge in [-0.3, -0.25) is 9.89 Å². The monoisotopic (exact) mass is 167 g/mol. The molecule has 1 heterocycles. The van der Waals surface area contributed by atoms with E-state index >= 15 is 0 Å². The van der Waals surface area contributed by atoms with E-state index in [1.54, 1.807) is 0 Å². The van der Waals surface area contributed by atoms with Gasteiger partial charge in [0, 0.05) is 15.1 Å². The van der Waals surface area contributed by atoms with Crippen molar-refractivity contribution in [2.24, 2.45) is 0 Å². The van der Waals surface area contributed by atoms with Gasteiger partial charge < -0.3 is 0 Å². The fraction of sp³-hybridized carbons (Fsp3) is 0.400. The quantitative estimate of drug-likeness (QED) is 0.584. The summed E-state index contributed by atoms with van der Waals surface area (Å²) >= 11 is 4.55. The van der Waals surface area contributed by atoms with Crippen LogP contribution in [0.3, 0.4) is 0 Å². The van der Waals surface area contributed by atoms with Gasteiger partial charge in [0.1, 0.15) is 12.2 Å². The number of hydrogen-bond donors (Lipinski definition) is 1. The minimum atomic E-state index is -2.62. The normalized spacial score (nSPS) is 19.3. The molecule has 0 saturated carbocycles. The number of carbonyl (C=O) groups excluding carboxylic acids is 1. The smallest absolute Gasteiger partial charge is 0.218 e. The first-order valence-corrected chi connectivity index (χ1v) is 2.48. The predicted molar refractivity (Wildman–Crippen MR) is 37.7 cm³/mol. The molecule has 0 bridgehead atoms. The number of nitrogens with one attached hydrogen (secondary N) is 1. The highest BCUT2D eigenvalue weighted by Gasteiger charge is 1.75. The van der Waals surface area contributed by atoms with Crippen LogP contribution in [0.15, 0.2) is 6.33 Å². The maximum Gasteiger partial charge on any atom is 0.218 e. The Morgan fingerprint density at radius 3 is 2.90 bits per heavy atom. The van der Waals surface area contributed by atoms with E-state index in [1.807, 2.05) is 0 Å². The lowest BCUT2D eigenvalue weighted by Crippen LogP contribution is -1.68. The molecule has 1 aromatic heterocycles. The average molecular weight is 168 g/mol. The molecule has 5 heteroatoms. The summed E-state index contributed by atoms with van der Waals surface area (Å²) in [5.41, 5.74) is 0. The van der Waals surface area contributed by atoms with E-state index in [9.17, 15) is 4.79 Å². The van der Waals surface area contributed by atoms with Crippen molar-refractivity contribution in [3.63, 3.8) is 0 Å². The lowest BCUT2D eigenvalue weighted by Gasteiger charge is -1.66. The van der Waals surface area contributed by atoms with E-state index in [2.05, 4.69) is 26.8 Å². The molecule has 1 N–H and O–H groups in total. The SMILES string of the molecule is [2H]C([2H])([2H])C(=O)Cl.[2H]C([2H])([2H])c1ncn[nH]1. The first-order valence-electron chi connectivity index (χ1n) is 5.11. The maximum absolute atomic E-state index is 9.67. The Kier molecular flexibility index (Phi) is 1.48. The third-order valence-electron chi connectivity index (χ3n) is 0.415. The van der Waals surface area contributed by atoms with Crippen LogP contribution in [0.1, 0.15) is 20.9 Å². The van der Waals surface area contributed by atoms with Gasteiger partial charge in [0.2, 0.25) is 5.24 Å². The van der Waals surface area contributed by atoms with Crippen LogP contribution in [0.25, 0.3) is 0 Å². The number of aromatic nitrogens is 3. The highest BCUT2D eigenvalue weighted by molar-refractivity contribution is 6.62. The highest BCUT2D eigenvalue weighted by Crippen LogP contribution is 1.73. The topological polar surface area (TPSA) is 58.6 Å². The maximum atomic E-state index is 9.67. The molecule has 4 nitrogen and oxygen atoms in total. The summed E-state index contributed by atoms with van der Waals surface area (Å²) in [4.78, 5) is 13.1. The Labute approximate surface area is 72.0 Å². The molecule has 10 heavy (non-hydrogen) atoms. The number of halogens is 1. The van der Waals surface area contributed by atoms with Gasteiger partial charge in [-0.05, 0) is 18.5 Å². The Balaban J connectivity index is 0.000000293. The summed E-state index contributed by atoms with van der Waals surface area (Å²) in [6, 6.07) is 0. The van der Waals surface area contributed by atoms with Crippen LogP contribution in [0.4, 0.5) is 0 Å². The first-order chi connectivity index (χ1) is 7.05. The fourth-order valence-electron chi connectivity index (χ4n) is 0.205. The molecule has 0 aliphatic heterocycles. The van der Waals surface area contributed by atoms with Gasteiger partial charge in [-0.15, -0.1) is 0 Å². The van der Waals surface area contributed by atoms with Gasteiger partial charge in [0.15, 0.2) is 0 Å². The molecule has 0 atom stereocenters. The summed E-state index contributed by atoms with van der Waals surface area (Å²) in [6.45, 7) is -4.78. The van der Waals surface area contributed by atoms with Crippen LogP contribution >= 0.6 is 11.6 Å². The van der Waals surface area contributed by atoms with Crippen molar-refractivity contribution in [2.45, 2.75) is 13.7 Å². The molecule has 0 radical (unpaired) electrons. The van der Waals surface area contributed by atoms with Gasteiger partial charge >= 0.3 is 0 Å². The van der Waals surface area contributed by atoms with Gasteiger partial charge in [-0.1, -0.05) is 0 Å². The van der Waals surface area contributed by atoms with E-state index in [-0.39, 0.29) is 5.82 Å². The minimum absolute atomic E-state index is 0.0671. The summed E-state index contributed by atoms with van der Waals surface area (Å²) in [7, 11) is 0. The van der Waals surface area contributed by atoms with Crippen LogP contribution < -0.4 is 0 Å². The van der Waals surface area contributed by atoms with Crippen molar-refractivity contribution < 1.29 is 13.0 Å². The lowest BCUT2D eigenvalue weighted by atomic mass is 10.8. The Bertz CT molecular complexity index is 331. The van der Waals surface area contributed by atoms with E-state index in [4.69, 9.17) is 8.22 Å². The molecular formula is C5H8ClN3O. The van der Waals surface area contributed by atoms with E-state index in [0.29, 0.717) is 0 Å². The molecule has 0 unspecified atom stereocenters. The van der Waals surface area contributed by atoms with Gasteiger partial charge in [0.05, 0.1) is 0 Å². The third-order valence-corrected chi connectivity index (χ3v) is 0.415. The Hall–Kier alpha value is -0.900. The van der Waals surface area contributed by atoms with Crippen LogP contribution in [-0.2, 0) is 4.79 Å². The molecule has 0 amide bonds. The fourth-order valence-corrected chi connectivity index (χ4v) is 0.205. The van der Waals surface area contributed by atoms with Gasteiger partial charge in [0.25, 0.3) is 0 Å². The number of nitrogens with zero attached hydrogens (tertiary/aromatic N) is 2. The van der Waals surface area contributed by atoms with Crippen molar-refractivity contribution in [3.8, 4) is 0 Å². The van der Waals surface area contributed by atoms with Crippen molar-refractivity contribution in [2.75, 3.05) is 0 Å². The summed E-state index contributed by atoms with van der Waals surface area (Å²) in [5, 5.41) is 4.36. The lowest BCUT2D eigenvalue weighted by molar-refractivity contribution is -0.109. The number of hydrogen-bond acceptors (Lipinski definition) is 3. The largest absolute Gasteiger partial charge is 0.282 e. The zero-order chi connectivity index (χ0) is 13.0. The average Bonchev–Trinajstić information content (AvgIpc) is 2.52. The van der Waals surface area contributed by atoms with Crippen molar-refractivity contribution in [1.82, 2.24) is 15.2 Å². The van der Waals surface area contributed by atoms with E-state index in [0.717, 1.165) is 0 Å². The predicted octanol–water partition coefficient (Wildman–Crippen LogP) is 0.885. The van der Waals surface area contributed by atoms with Crippen molar-refractivity contribution in [1.29, 1.82) is 0 Å². The second-order valence-electron chi connectivity index (χ2n) is 1.11. The van der Waals surface area contributed by atoms with Gasteiger partial charge in [-0.2, -0.15) is 5.10 Å². The van der Waals surface area contributed by atoms with Crippen LogP contribution in [0.5, 0.6) is 0 Å². The molecule has 1 rings (SSSR count). The molecular weight excluding hydrogens is 154 g/mol. The number of carbonyl (C=O) groups is 1. The zero-order valence-electron chi connectivity index (χ0n) is 10.8. The number of rotatable bonds is 0. The standard InChI is InChI=1S/C3H5N3.C2H3ClO/c1-3-4-2-5-6-3;1-2(3)4/h2H,1H3,(H,4,5,6);1H3/i2*1D3. The third kappa shape index (κ3) is 7.10. The van der Waals surface area contributed by atoms with Crippen LogP contribution in [0.2, 0.25) is 0 Å². The van der Waals surface area contributed by atoms with Gasteiger partial charge in [-0.25, -0.2) is 4.98 Å². The number of aryl methyl sites for hydroxylation is 1. The second-order valence-corrected chi connectivity index (χ2v) is 1.45. The molecule has 0 fully saturated rings. The molecule has 1 aromatic rings. The highest BCUT2D eigenvalue weighted by atomic mass is 35.5. The molecule has 56 valence electrons. The Morgan fingerprint density at radius 1 is 2.00 bits per heavy atom. The molecule has 0 aliphatic rings. The molecule has 0 spiro atoms. The summed E-state index contributed by atoms with van der Waals surface area (Å²) < 4.78 is 39.1. The first kappa shape index (κ1) is 3.00. The van der Waals surface area contributed by atoms with E-state index in [1.165, 1.54) is 6.33 Å². The zero-order valence-corrected chi connectivity index (χ0v) is 5.51. The van der Waals surface area contributed by atoms with Crippen molar-refractivity contribution in [3.05, 3.63) is 12.2 Å². The summed E-state index contributed by atoms with van der Waals surface area (Å²) in [6.07, 6.45) is 1.17.